The van der Waals surface area contributed by atoms with Crippen molar-refractivity contribution in [3.8, 4) is 17.6 Å². The van der Waals surface area contributed by atoms with Gasteiger partial charge in [0.2, 0.25) is 0 Å². The third-order valence-electron chi connectivity index (χ3n) is 3.35. The van der Waals surface area contributed by atoms with Gasteiger partial charge in [-0.2, -0.15) is 10.4 Å². The number of aromatic nitrogens is 4. The molecular formula is C15H15N5. The maximum atomic E-state index is 8.94. The van der Waals surface area contributed by atoms with Crippen LogP contribution in [0.2, 0.25) is 0 Å². The zero-order chi connectivity index (χ0) is 14.1. The highest BCUT2D eigenvalue weighted by atomic mass is 15.3. The van der Waals surface area contributed by atoms with Gasteiger partial charge in [-0.25, -0.2) is 4.98 Å². The van der Waals surface area contributed by atoms with E-state index in [1.54, 1.807) is 6.07 Å². The number of H-pyrrole nitrogens is 1. The van der Waals surface area contributed by atoms with Crippen LogP contribution in [0, 0.1) is 11.3 Å². The Labute approximate surface area is 116 Å². The highest BCUT2D eigenvalue weighted by Crippen LogP contribution is 2.22. The number of hydrogen-bond acceptors (Lipinski definition) is 3. The molecule has 0 amide bonds. The molecule has 0 saturated heterocycles. The Morgan fingerprint density at radius 1 is 1.30 bits per heavy atom. The molecule has 0 saturated carbocycles. The van der Waals surface area contributed by atoms with Gasteiger partial charge in [0.05, 0.1) is 28.4 Å². The Hall–Kier alpha value is -2.61. The van der Waals surface area contributed by atoms with Crippen molar-refractivity contribution in [3.05, 3.63) is 35.5 Å². The number of nitrogens with zero attached hydrogens (tertiary/aromatic N) is 4. The summed E-state index contributed by atoms with van der Waals surface area (Å²) >= 11 is 0. The van der Waals surface area contributed by atoms with Crippen LogP contribution in [0.4, 0.5) is 0 Å². The fourth-order valence-electron chi connectivity index (χ4n) is 2.28. The minimum absolute atomic E-state index is 0.631. The van der Waals surface area contributed by atoms with Gasteiger partial charge < -0.3 is 4.98 Å². The van der Waals surface area contributed by atoms with Crippen molar-refractivity contribution >= 4 is 11.0 Å². The zero-order valence-corrected chi connectivity index (χ0v) is 11.5. The first-order valence-electron chi connectivity index (χ1n) is 6.72. The molecule has 2 aromatic heterocycles. The van der Waals surface area contributed by atoms with Gasteiger partial charge in [-0.15, -0.1) is 0 Å². The van der Waals surface area contributed by atoms with Gasteiger partial charge in [0.25, 0.3) is 0 Å². The van der Waals surface area contributed by atoms with E-state index < -0.39 is 0 Å². The molecule has 0 atom stereocenters. The minimum atomic E-state index is 0.631. The maximum Gasteiger partial charge on any atom is 0.156 e. The normalized spacial score (nSPS) is 10.8. The van der Waals surface area contributed by atoms with Gasteiger partial charge in [-0.3, -0.25) is 4.68 Å². The largest absolute Gasteiger partial charge is 0.337 e. The second-order valence-corrected chi connectivity index (χ2v) is 4.62. The first-order chi connectivity index (χ1) is 9.75. The zero-order valence-electron chi connectivity index (χ0n) is 11.5. The number of fused-ring (bicyclic) bond motifs is 1. The summed E-state index contributed by atoms with van der Waals surface area (Å²) in [7, 11) is 0. The van der Waals surface area contributed by atoms with Crippen molar-refractivity contribution in [3.63, 3.8) is 0 Å². The van der Waals surface area contributed by atoms with Crippen molar-refractivity contribution in [1.29, 1.82) is 5.26 Å². The quantitative estimate of drug-likeness (QED) is 0.791. The lowest BCUT2D eigenvalue weighted by atomic mass is 10.2. The molecule has 0 fully saturated rings. The van der Waals surface area contributed by atoms with E-state index in [1.807, 2.05) is 16.8 Å². The van der Waals surface area contributed by atoms with Gasteiger partial charge in [-0.05, 0) is 37.6 Å². The van der Waals surface area contributed by atoms with E-state index >= 15 is 0 Å². The van der Waals surface area contributed by atoms with E-state index in [4.69, 9.17) is 5.26 Å². The molecule has 1 aromatic carbocycles. The number of nitriles is 1. The topological polar surface area (TPSA) is 70.3 Å². The predicted molar refractivity (Wildman–Crippen MR) is 77.1 cm³/mol. The summed E-state index contributed by atoms with van der Waals surface area (Å²) in [5.74, 6) is 0.795. The van der Waals surface area contributed by atoms with Gasteiger partial charge in [-0.1, -0.05) is 6.92 Å². The van der Waals surface area contributed by atoms with E-state index in [2.05, 4.69) is 41.0 Å². The first-order valence-corrected chi connectivity index (χ1v) is 6.72. The summed E-state index contributed by atoms with van der Waals surface area (Å²) in [5, 5.41) is 13.5. The average Bonchev–Trinajstić information content (AvgIpc) is 3.09. The summed E-state index contributed by atoms with van der Waals surface area (Å²) in [4.78, 5) is 7.86. The molecule has 0 aliphatic heterocycles. The smallest absolute Gasteiger partial charge is 0.156 e. The Balaban J connectivity index is 2.14. The molecule has 5 nitrogen and oxygen atoms in total. The molecule has 0 spiro atoms. The van der Waals surface area contributed by atoms with Gasteiger partial charge in [0, 0.05) is 6.54 Å². The van der Waals surface area contributed by atoms with E-state index in [-0.39, 0.29) is 0 Å². The standard InChI is InChI=1S/C15H15N5/c1-3-11-8-14(20(4-2)19-11)15-17-12-6-5-10(9-16)7-13(12)18-15/h5-8H,3-4H2,1-2H3,(H,17,18). The third kappa shape index (κ3) is 1.95. The fourth-order valence-corrected chi connectivity index (χ4v) is 2.28. The lowest BCUT2D eigenvalue weighted by molar-refractivity contribution is 0.653. The summed E-state index contributed by atoms with van der Waals surface area (Å²) in [6.45, 7) is 4.95. The second kappa shape index (κ2) is 4.82. The summed E-state index contributed by atoms with van der Waals surface area (Å²) < 4.78 is 1.95. The molecule has 20 heavy (non-hydrogen) atoms. The first kappa shape index (κ1) is 12.4. The molecule has 3 rings (SSSR count). The van der Waals surface area contributed by atoms with Crippen molar-refractivity contribution in [2.24, 2.45) is 0 Å². The van der Waals surface area contributed by atoms with Crippen molar-refractivity contribution in [1.82, 2.24) is 19.7 Å². The Morgan fingerprint density at radius 3 is 2.85 bits per heavy atom. The molecule has 1 N–H and O–H groups in total. The molecule has 3 aromatic rings. The second-order valence-electron chi connectivity index (χ2n) is 4.62. The Morgan fingerprint density at radius 2 is 2.15 bits per heavy atom. The predicted octanol–water partition coefficient (Wildman–Crippen LogP) is 2.88. The number of rotatable bonds is 3. The molecule has 100 valence electrons. The molecular weight excluding hydrogens is 250 g/mol. The van der Waals surface area contributed by atoms with Crippen molar-refractivity contribution < 1.29 is 0 Å². The molecule has 0 unspecified atom stereocenters. The molecule has 0 radical (unpaired) electrons. The van der Waals surface area contributed by atoms with E-state index in [0.29, 0.717) is 5.56 Å². The number of aryl methyl sites for hydroxylation is 2. The highest BCUT2D eigenvalue weighted by Gasteiger charge is 2.12. The number of nitrogens with one attached hydrogen (secondary N) is 1. The Bertz CT molecular complexity index is 803. The fraction of sp³-hybridized carbons (Fsp3) is 0.267. The summed E-state index contributed by atoms with van der Waals surface area (Å²) in [6.07, 6.45) is 0.902. The molecule has 0 aliphatic carbocycles. The van der Waals surface area contributed by atoms with Crippen molar-refractivity contribution in [2.75, 3.05) is 0 Å². The van der Waals surface area contributed by atoms with Crippen LogP contribution in [0.1, 0.15) is 25.1 Å². The van der Waals surface area contributed by atoms with Gasteiger partial charge in [0.15, 0.2) is 5.82 Å². The summed E-state index contributed by atoms with van der Waals surface area (Å²) in [6, 6.07) is 9.66. The average molecular weight is 265 g/mol. The van der Waals surface area contributed by atoms with E-state index in [1.165, 1.54) is 0 Å². The van der Waals surface area contributed by atoms with Crippen LogP contribution >= 0.6 is 0 Å². The van der Waals surface area contributed by atoms with Crippen LogP contribution in [-0.4, -0.2) is 19.7 Å². The Kier molecular flexibility index (Phi) is 2.99. The van der Waals surface area contributed by atoms with E-state index in [0.717, 1.165) is 41.2 Å². The summed E-state index contributed by atoms with van der Waals surface area (Å²) in [5.41, 5.74) is 4.41. The van der Waals surface area contributed by atoms with Crippen LogP contribution in [0.5, 0.6) is 0 Å². The number of benzene rings is 1. The third-order valence-corrected chi connectivity index (χ3v) is 3.35. The maximum absolute atomic E-state index is 8.94. The van der Waals surface area contributed by atoms with Crippen LogP contribution < -0.4 is 0 Å². The lowest BCUT2D eigenvalue weighted by Gasteiger charge is -2.00. The van der Waals surface area contributed by atoms with Crippen molar-refractivity contribution in [2.45, 2.75) is 26.8 Å². The minimum Gasteiger partial charge on any atom is -0.337 e. The van der Waals surface area contributed by atoms with Gasteiger partial charge >= 0.3 is 0 Å². The number of imidazole rings is 1. The van der Waals surface area contributed by atoms with Crippen LogP contribution in [0.15, 0.2) is 24.3 Å². The van der Waals surface area contributed by atoms with Crippen LogP contribution in [-0.2, 0) is 13.0 Å². The molecule has 2 heterocycles. The lowest BCUT2D eigenvalue weighted by Crippen LogP contribution is -2.00. The molecule has 0 aliphatic rings. The van der Waals surface area contributed by atoms with Gasteiger partial charge in [0.1, 0.15) is 5.69 Å². The van der Waals surface area contributed by atoms with Crippen LogP contribution in [0.3, 0.4) is 0 Å². The molecule has 0 bridgehead atoms. The SMILES string of the molecule is CCc1cc(-c2nc3ccc(C#N)cc3[nH]2)n(CC)n1. The van der Waals surface area contributed by atoms with Crippen LogP contribution in [0.25, 0.3) is 22.6 Å². The number of aromatic amines is 1. The molecule has 5 heteroatoms. The van der Waals surface area contributed by atoms with E-state index in [9.17, 15) is 0 Å². The monoisotopic (exact) mass is 265 g/mol. The number of hydrogen-bond donors (Lipinski definition) is 1. The highest BCUT2D eigenvalue weighted by molar-refractivity contribution is 5.80.